The van der Waals surface area contributed by atoms with Crippen LogP contribution >= 0.6 is 11.6 Å². The largest absolute Gasteiger partial charge is 0.478 e. The molecule has 4 nitrogen and oxygen atoms in total. The van der Waals surface area contributed by atoms with Crippen LogP contribution in [0.2, 0.25) is 5.02 Å². The summed E-state index contributed by atoms with van der Waals surface area (Å²) in [7, 11) is 0. The molecule has 0 saturated carbocycles. The lowest BCUT2D eigenvalue weighted by Crippen LogP contribution is -2.31. The van der Waals surface area contributed by atoms with Crippen LogP contribution in [-0.2, 0) is 0 Å². The summed E-state index contributed by atoms with van der Waals surface area (Å²) in [4.78, 5) is 10.8. The molecule has 1 aromatic carbocycles. The van der Waals surface area contributed by atoms with Crippen LogP contribution in [0.3, 0.4) is 0 Å². The Morgan fingerprint density at radius 1 is 1.41 bits per heavy atom. The minimum Gasteiger partial charge on any atom is -0.478 e. The number of aromatic carboxylic acids is 1. The smallest absolute Gasteiger partial charge is 0.407 e. The molecule has 0 bridgehead atoms. The predicted octanol–water partition coefficient (Wildman–Crippen LogP) is 2.18. The minimum atomic E-state index is -4.80. The Bertz CT molecular complexity index is 462. The molecular weight excluding hydrogens is 261 g/mol. The average Bonchev–Trinajstić information content (AvgIpc) is 2.19. The highest BCUT2D eigenvalue weighted by Crippen LogP contribution is 2.38. The van der Waals surface area contributed by atoms with Crippen LogP contribution in [-0.4, -0.2) is 17.3 Å². The van der Waals surface area contributed by atoms with Gasteiger partial charge in [0.05, 0.1) is 16.3 Å². The van der Waals surface area contributed by atoms with Crippen molar-refractivity contribution < 1.29 is 23.1 Å². The molecule has 1 aromatic rings. The first-order chi connectivity index (χ1) is 7.66. The van der Waals surface area contributed by atoms with Gasteiger partial charge in [0, 0.05) is 5.56 Å². The van der Waals surface area contributed by atoms with Crippen LogP contribution in [0, 0.1) is 0 Å². The summed E-state index contributed by atoms with van der Waals surface area (Å²) in [6.45, 7) is 0. The van der Waals surface area contributed by atoms with E-state index in [0.717, 1.165) is 12.1 Å². The predicted molar refractivity (Wildman–Crippen MR) is 55.8 cm³/mol. The van der Waals surface area contributed by atoms with E-state index in [2.05, 4.69) is 0 Å². The number of carboxylic acids is 1. The average molecular weight is 269 g/mol. The number of hydrogen-bond donors (Lipinski definition) is 3. The molecule has 0 amide bonds. The van der Waals surface area contributed by atoms with Crippen molar-refractivity contribution in [1.29, 1.82) is 0 Å². The molecule has 0 spiro atoms. The second-order valence-electron chi connectivity index (χ2n) is 3.25. The van der Waals surface area contributed by atoms with E-state index in [1.807, 2.05) is 0 Å². The van der Waals surface area contributed by atoms with E-state index in [1.165, 1.54) is 0 Å². The maximum Gasteiger partial charge on any atom is 0.407 e. The van der Waals surface area contributed by atoms with Crippen LogP contribution in [0.5, 0.6) is 0 Å². The summed E-state index contributed by atoms with van der Waals surface area (Å²) in [6.07, 6.45) is -4.80. The number of rotatable bonds is 2. The number of carbonyl (C=O) groups is 1. The molecule has 0 fully saturated rings. The summed E-state index contributed by atoms with van der Waals surface area (Å²) in [5.74, 6) is -1.55. The van der Waals surface area contributed by atoms with Crippen molar-refractivity contribution in [2.75, 3.05) is 5.73 Å². The van der Waals surface area contributed by atoms with Gasteiger partial charge < -0.3 is 16.6 Å². The molecule has 94 valence electrons. The van der Waals surface area contributed by atoms with Gasteiger partial charge in [0.25, 0.3) is 0 Å². The van der Waals surface area contributed by atoms with E-state index in [0.29, 0.717) is 0 Å². The highest BCUT2D eigenvalue weighted by molar-refractivity contribution is 6.33. The molecule has 0 aliphatic carbocycles. The standard InChI is InChI=1S/C9H8ClF3N2O2/c10-4-2-1-3(8(16)17)5(6(4)14)7(15)9(11,12)13/h1-2,7H,14-15H2,(H,16,17)/t7-/m0/s1. The quantitative estimate of drug-likeness (QED) is 0.717. The number of hydrogen-bond acceptors (Lipinski definition) is 3. The number of alkyl halides is 3. The molecule has 0 aromatic heterocycles. The topological polar surface area (TPSA) is 89.3 Å². The molecule has 0 heterocycles. The third-order valence-electron chi connectivity index (χ3n) is 2.13. The highest BCUT2D eigenvalue weighted by atomic mass is 35.5. The Kier molecular flexibility index (Phi) is 3.53. The summed E-state index contributed by atoms with van der Waals surface area (Å²) < 4.78 is 37.4. The Morgan fingerprint density at radius 3 is 2.35 bits per heavy atom. The van der Waals surface area contributed by atoms with Crippen LogP contribution in [0.1, 0.15) is 22.0 Å². The van der Waals surface area contributed by atoms with Crippen LogP contribution in [0.4, 0.5) is 18.9 Å². The zero-order valence-corrected chi connectivity index (χ0v) is 9.01. The van der Waals surface area contributed by atoms with Crippen molar-refractivity contribution in [3.8, 4) is 0 Å². The van der Waals surface area contributed by atoms with Gasteiger partial charge in [0.15, 0.2) is 0 Å². The Morgan fingerprint density at radius 2 is 1.94 bits per heavy atom. The molecule has 0 aliphatic rings. The summed E-state index contributed by atoms with van der Waals surface area (Å²) >= 11 is 5.54. The third-order valence-corrected chi connectivity index (χ3v) is 2.46. The van der Waals surface area contributed by atoms with Crippen molar-refractivity contribution in [3.05, 3.63) is 28.3 Å². The Balaban J connectivity index is 3.49. The summed E-state index contributed by atoms with van der Waals surface area (Å²) in [6, 6.07) is -0.457. The number of carboxylic acid groups (broad SMARTS) is 1. The van der Waals surface area contributed by atoms with Crippen molar-refractivity contribution in [2.24, 2.45) is 5.73 Å². The fourth-order valence-corrected chi connectivity index (χ4v) is 1.46. The van der Waals surface area contributed by atoms with E-state index < -0.39 is 35.0 Å². The van der Waals surface area contributed by atoms with E-state index in [9.17, 15) is 18.0 Å². The van der Waals surface area contributed by atoms with Gasteiger partial charge in [-0.15, -0.1) is 0 Å². The molecule has 1 rings (SSSR count). The number of nitrogen functional groups attached to an aromatic ring is 1. The highest BCUT2D eigenvalue weighted by Gasteiger charge is 2.41. The number of benzene rings is 1. The molecule has 1 atom stereocenters. The van der Waals surface area contributed by atoms with E-state index in [1.54, 1.807) is 0 Å². The molecule has 0 saturated heterocycles. The molecule has 0 aliphatic heterocycles. The van der Waals surface area contributed by atoms with Crippen LogP contribution in [0.25, 0.3) is 0 Å². The second-order valence-corrected chi connectivity index (χ2v) is 3.65. The first-order valence-corrected chi connectivity index (χ1v) is 4.67. The first-order valence-electron chi connectivity index (χ1n) is 4.29. The third kappa shape index (κ3) is 2.62. The molecule has 8 heteroatoms. The van der Waals surface area contributed by atoms with Gasteiger partial charge in [0.1, 0.15) is 6.04 Å². The first kappa shape index (κ1) is 13.6. The minimum absolute atomic E-state index is 0.176. The van der Waals surface area contributed by atoms with Crippen molar-refractivity contribution in [3.63, 3.8) is 0 Å². The molecular formula is C9H8ClF3N2O2. The lowest BCUT2D eigenvalue weighted by molar-refractivity contribution is -0.149. The van der Waals surface area contributed by atoms with Gasteiger partial charge in [-0.05, 0) is 12.1 Å². The van der Waals surface area contributed by atoms with E-state index in [-0.39, 0.29) is 5.02 Å². The van der Waals surface area contributed by atoms with Crippen LogP contribution in [0.15, 0.2) is 12.1 Å². The maximum absolute atomic E-state index is 12.5. The second kappa shape index (κ2) is 4.42. The molecule has 5 N–H and O–H groups in total. The number of anilines is 1. The van der Waals surface area contributed by atoms with Crippen molar-refractivity contribution in [1.82, 2.24) is 0 Å². The lowest BCUT2D eigenvalue weighted by Gasteiger charge is -2.20. The molecule has 0 unspecified atom stereocenters. The Hall–Kier alpha value is -1.47. The fourth-order valence-electron chi connectivity index (χ4n) is 1.30. The van der Waals surface area contributed by atoms with Gasteiger partial charge in [0.2, 0.25) is 0 Å². The SMILES string of the molecule is Nc1c(Cl)ccc(C(=O)O)c1[C@H](N)C(F)(F)F. The van der Waals surface area contributed by atoms with Gasteiger partial charge in [-0.3, -0.25) is 0 Å². The maximum atomic E-state index is 12.5. The number of nitrogens with two attached hydrogens (primary N) is 2. The fraction of sp³-hybridized carbons (Fsp3) is 0.222. The zero-order valence-electron chi connectivity index (χ0n) is 8.25. The summed E-state index contributed by atoms with van der Waals surface area (Å²) in [5, 5.41) is 8.60. The molecule has 17 heavy (non-hydrogen) atoms. The van der Waals surface area contributed by atoms with Crippen molar-refractivity contribution in [2.45, 2.75) is 12.2 Å². The van der Waals surface area contributed by atoms with Crippen molar-refractivity contribution >= 4 is 23.3 Å². The summed E-state index contributed by atoms with van der Waals surface area (Å²) in [5.41, 5.74) is 8.48. The van der Waals surface area contributed by atoms with Gasteiger partial charge >= 0.3 is 12.1 Å². The monoisotopic (exact) mass is 268 g/mol. The zero-order chi connectivity index (χ0) is 13.4. The van der Waals surface area contributed by atoms with Gasteiger partial charge in [-0.2, -0.15) is 13.2 Å². The van der Waals surface area contributed by atoms with Crippen LogP contribution < -0.4 is 11.5 Å². The van der Waals surface area contributed by atoms with Gasteiger partial charge in [-0.1, -0.05) is 11.6 Å². The Labute approximate surface area is 99.0 Å². The number of halogens is 4. The molecule has 0 radical (unpaired) electrons. The normalized spacial score (nSPS) is 13.5. The van der Waals surface area contributed by atoms with E-state index in [4.69, 9.17) is 28.2 Å². The lowest BCUT2D eigenvalue weighted by atomic mass is 9.98. The van der Waals surface area contributed by atoms with E-state index >= 15 is 0 Å². The van der Waals surface area contributed by atoms with Gasteiger partial charge in [-0.25, -0.2) is 4.79 Å².